The molecule has 0 aromatic heterocycles. The summed E-state index contributed by atoms with van der Waals surface area (Å²) in [6, 6.07) is 22.9. The van der Waals surface area contributed by atoms with E-state index >= 15 is 0 Å². The van der Waals surface area contributed by atoms with Gasteiger partial charge in [0.05, 0.1) is 12.7 Å². The summed E-state index contributed by atoms with van der Waals surface area (Å²) in [5.41, 5.74) is 6.73. The van der Waals surface area contributed by atoms with Crippen molar-refractivity contribution in [2.24, 2.45) is 5.41 Å². The minimum absolute atomic E-state index is 0.175. The molecule has 0 bridgehead atoms. The maximum Gasteiger partial charge on any atom is 0.410 e. The fourth-order valence-electron chi connectivity index (χ4n) is 7.55. The first-order valence-electron chi connectivity index (χ1n) is 17.7. The van der Waals surface area contributed by atoms with Crippen molar-refractivity contribution >= 4 is 29.4 Å². The average Bonchev–Trinajstić information content (AvgIpc) is 3.10. The van der Waals surface area contributed by atoms with Gasteiger partial charge in [0.2, 0.25) is 0 Å². The van der Waals surface area contributed by atoms with Crippen LogP contribution in [0, 0.1) is 5.41 Å². The van der Waals surface area contributed by atoms with E-state index < -0.39 is 5.60 Å². The number of amides is 1. The number of halogens is 1. The van der Waals surface area contributed by atoms with E-state index in [1.165, 1.54) is 42.2 Å². The van der Waals surface area contributed by atoms with Crippen LogP contribution in [0.2, 0.25) is 5.02 Å². The molecule has 0 aliphatic carbocycles. The molecule has 0 unspecified atom stereocenters. The first-order valence-corrected chi connectivity index (χ1v) is 18.1. The van der Waals surface area contributed by atoms with E-state index in [-0.39, 0.29) is 12.1 Å². The summed E-state index contributed by atoms with van der Waals surface area (Å²) in [7, 11) is 1.41. The van der Waals surface area contributed by atoms with Crippen LogP contribution in [-0.4, -0.2) is 91.8 Å². The molecule has 1 amide bonds. The van der Waals surface area contributed by atoms with Crippen LogP contribution in [0.3, 0.4) is 0 Å². The number of benzene rings is 3. The van der Waals surface area contributed by atoms with Crippen molar-refractivity contribution in [1.82, 2.24) is 14.7 Å². The summed E-state index contributed by atoms with van der Waals surface area (Å²) in [6.07, 6.45) is 4.31. The third-order valence-corrected chi connectivity index (χ3v) is 10.8. The summed E-state index contributed by atoms with van der Waals surface area (Å²) in [6.45, 7) is 15.2. The fourth-order valence-corrected chi connectivity index (χ4v) is 7.68. The van der Waals surface area contributed by atoms with Crippen LogP contribution in [0.25, 0.3) is 11.1 Å². The van der Waals surface area contributed by atoms with E-state index in [1.807, 2.05) is 62.1 Å². The van der Waals surface area contributed by atoms with Gasteiger partial charge in [0, 0.05) is 63.1 Å². The van der Waals surface area contributed by atoms with Gasteiger partial charge in [0.15, 0.2) is 0 Å². The van der Waals surface area contributed by atoms with Gasteiger partial charge in [0.25, 0.3) is 0 Å². The molecule has 3 heterocycles. The summed E-state index contributed by atoms with van der Waals surface area (Å²) < 4.78 is 10.5. The molecule has 3 aromatic rings. The van der Waals surface area contributed by atoms with E-state index in [1.54, 1.807) is 0 Å². The van der Waals surface area contributed by atoms with E-state index in [9.17, 15) is 9.59 Å². The lowest BCUT2D eigenvalue weighted by molar-refractivity contribution is -0.00313. The maximum absolute atomic E-state index is 12.6. The molecule has 9 heteroatoms. The maximum atomic E-state index is 12.6. The number of piperidine rings is 2. The van der Waals surface area contributed by atoms with Crippen molar-refractivity contribution in [2.45, 2.75) is 65.1 Å². The second-order valence-corrected chi connectivity index (χ2v) is 15.5. The average molecular weight is 687 g/mol. The van der Waals surface area contributed by atoms with Crippen LogP contribution >= 0.6 is 11.6 Å². The molecule has 3 saturated heterocycles. The monoisotopic (exact) mass is 686 g/mol. The van der Waals surface area contributed by atoms with Crippen molar-refractivity contribution in [3.63, 3.8) is 0 Å². The van der Waals surface area contributed by atoms with Crippen LogP contribution in [0.1, 0.15) is 67.9 Å². The highest BCUT2D eigenvalue weighted by atomic mass is 35.5. The molecule has 3 aliphatic rings. The highest BCUT2D eigenvalue weighted by Crippen LogP contribution is 2.42. The third kappa shape index (κ3) is 8.96. The summed E-state index contributed by atoms with van der Waals surface area (Å²) in [4.78, 5) is 33.9. The number of carbonyl (C=O) groups is 2. The molecule has 0 saturated carbocycles. The first-order chi connectivity index (χ1) is 23.5. The molecule has 3 fully saturated rings. The molecule has 0 N–H and O–H groups in total. The van der Waals surface area contributed by atoms with Gasteiger partial charge in [-0.3, -0.25) is 9.80 Å². The normalized spacial score (nSPS) is 18.8. The van der Waals surface area contributed by atoms with E-state index in [0.29, 0.717) is 11.0 Å². The summed E-state index contributed by atoms with van der Waals surface area (Å²) in [5.74, 6) is -0.309. The van der Waals surface area contributed by atoms with E-state index in [2.05, 4.69) is 45.0 Å². The Morgan fingerprint density at radius 3 is 1.98 bits per heavy atom. The first kappa shape index (κ1) is 35.2. The van der Waals surface area contributed by atoms with Crippen molar-refractivity contribution < 1.29 is 19.1 Å². The zero-order chi connectivity index (χ0) is 34.6. The molecule has 1 spiro atoms. The Hall–Kier alpha value is -3.59. The number of piperazine rings is 1. The standard InChI is InChI=1S/C40H51ClN4O4/c1-39(2,3)49-38(47)45-21-17-40(18-22-45)15-19-42(20-16-40)28-30-5-14-36(31-6-10-34(41)11-7-31)33(27-30)29-43-23-25-44(26-24-43)35-12-8-32(9-13-35)37(46)48-4/h5-14,27H,15-26,28-29H2,1-4H3. The second kappa shape index (κ2) is 15.1. The van der Waals surface area contributed by atoms with Crippen molar-refractivity contribution in [3.8, 4) is 11.1 Å². The number of nitrogens with zero attached hydrogens (tertiary/aromatic N) is 4. The van der Waals surface area contributed by atoms with Gasteiger partial charge in [-0.1, -0.05) is 41.9 Å². The van der Waals surface area contributed by atoms with Crippen molar-refractivity contribution in [1.29, 1.82) is 0 Å². The Bertz CT molecular complexity index is 1580. The number of carbonyl (C=O) groups excluding carboxylic acids is 2. The zero-order valence-corrected chi connectivity index (χ0v) is 30.3. The van der Waals surface area contributed by atoms with Gasteiger partial charge in [-0.2, -0.15) is 0 Å². The highest BCUT2D eigenvalue weighted by molar-refractivity contribution is 6.30. The zero-order valence-electron chi connectivity index (χ0n) is 29.6. The van der Waals surface area contributed by atoms with E-state index in [0.717, 1.165) is 89.0 Å². The van der Waals surface area contributed by atoms with Crippen molar-refractivity contribution in [3.05, 3.63) is 88.4 Å². The van der Waals surface area contributed by atoms with Gasteiger partial charge in [-0.15, -0.1) is 0 Å². The molecule has 8 nitrogen and oxygen atoms in total. The van der Waals surface area contributed by atoms with Gasteiger partial charge >= 0.3 is 12.1 Å². The number of ether oxygens (including phenoxy) is 2. The number of hydrogen-bond donors (Lipinski definition) is 0. The molecule has 3 aliphatic heterocycles. The fraction of sp³-hybridized carbons (Fsp3) is 0.500. The minimum Gasteiger partial charge on any atom is -0.465 e. The molecule has 262 valence electrons. The van der Waals surface area contributed by atoms with Gasteiger partial charge in [-0.05, 0) is 124 Å². The van der Waals surface area contributed by atoms with E-state index in [4.69, 9.17) is 21.1 Å². The van der Waals surface area contributed by atoms with Gasteiger partial charge in [0.1, 0.15) is 5.60 Å². The lowest BCUT2D eigenvalue weighted by Gasteiger charge is -2.47. The Morgan fingerprint density at radius 1 is 0.755 bits per heavy atom. The van der Waals surface area contributed by atoms with Crippen molar-refractivity contribution in [2.75, 3.05) is 64.4 Å². The number of anilines is 1. The topological polar surface area (TPSA) is 65.6 Å². The molecule has 0 atom stereocenters. The molecule has 3 aromatic carbocycles. The Morgan fingerprint density at radius 2 is 1.37 bits per heavy atom. The smallest absolute Gasteiger partial charge is 0.410 e. The molecular weight excluding hydrogens is 636 g/mol. The third-order valence-electron chi connectivity index (χ3n) is 10.5. The quantitative estimate of drug-likeness (QED) is 0.236. The predicted molar refractivity (Wildman–Crippen MR) is 196 cm³/mol. The molecule has 0 radical (unpaired) electrons. The lowest BCUT2D eigenvalue weighted by Crippen LogP contribution is -2.49. The van der Waals surface area contributed by atoms with Gasteiger partial charge in [-0.25, -0.2) is 9.59 Å². The Labute approximate surface area is 296 Å². The highest BCUT2D eigenvalue weighted by Gasteiger charge is 2.39. The molecule has 49 heavy (non-hydrogen) atoms. The van der Waals surface area contributed by atoms with Crippen LogP contribution in [-0.2, 0) is 22.6 Å². The van der Waals surface area contributed by atoms with Crippen LogP contribution in [0.4, 0.5) is 10.5 Å². The minimum atomic E-state index is -0.457. The number of likely N-dealkylation sites (tertiary alicyclic amines) is 2. The van der Waals surface area contributed by atoms with Crippen LogP contribution in [0.15, 0.2) is 66.7 Å². The lowest BCUT2D eigenvalue weighted by atomic mass is 9.71. The second-order valence-electron chi connectivity index (χ2n) is 15.0. The SMILES string of the molecule is COC(=O)c1ccc(N2CCN(Cc3cc(CN4CCC5(CC4)CCN(C(=O)OC(C)(C)C)CC5)ccc3-c3ccc(Cl)cc3)CC2)cc1. The molecule has 6 rings (SSSR count). The van der Waals surface area contributed by atoms with Crippen LogP contribution < -0.4 is 4.90 Å². The number of methoxy groups -OCH3 is 1. The summed E-state index contributed by atoms with van der Waals surface area (Å²) >= 11 is 6.26. The number of rotatable bonds is 7. The summed E-state index contributed by atoms with van der Waals surface area (Å²) in [5, 5.41) is 0.746. The van der Waals surface area contributed by atoms with Crippen LogP contribution in [0.5, 0.6) is 0 Å². The number of hydrogen-bond acceptors (Lipinski definition) is 7. The largest absolute Gasteiger partial charge is 0.465 e. The number of esters is 1. The Balaban J connectivity index is 1.07. The van der Waals surface area contributed by atoms with Gasteiger partial charge < -0.3 is 19.3 Å². The Kier molecular flexibility index (Phi) is 10.9. The molecular formula is C40H51ClN4O4. The predicted octanol–water partition coefficient (Wildman–Crippen LogP) is 7.73.